The van der Waals surface area contributed by atoms with Crippen molar-refractivity contribution in [2.75, 3.05) is 42.7 Å². The third-order valence-electron chi connectivity index (χ3n) is 7.34. The molecule has 1 aliphatic rings. The van der Waals surface area contributed by atoms with Crippen LogP contribution in [0.15, 0.2) is 77.7 Å². The summed E-state index contributed by atoms with van der Waals surface area (Å²) in [5, 5.41) is 6.00. The summed E-state index contributed by atoms with van der Waals surface area (Å²) in [7, 11) is 1.64. The van der Waals surface area contributed by atoms with Gasteiger partial charge < -0.3 is 30.6 Å². The van der Waals surface area contributed by atoms with E-state index >= 15 is 0 Å². The van der Waals surface area contributed by atoms with Crippen LogP contribution in [0.5, 0.6) is 0 Å². The average Bonchev–Trinajstić information content (AvgIpc) is 2.99. The molecule has 1 saturated heterocycles. The van der Waals surface area contributed by atoms with Crippen molar-refractivity contribution in [3.05, 3.63) is 100.0 Å². The van der Waals surface area contributed by atoms with Crippen LogP contribution in [0.25, 0.3) is 11.3 Å². The SMILES string of the molecule is Cn1cc(-c2cccc(NC(=O)c3ccc(C(C)(C)C)cc3)c2)nc(Nc2ccc(C(=O)N3CCOCC3)c(N)c2)c1=O. The molecule has 1 aliphatic heterocycles. The summed E-state index contributed by atoms with van der Waals surface area (Å²) in [6, 6.07) is 19.8. The van der Waals surface area contributed by atoms with Gasteiger partial charge >= 0.3 is 0 Å². The largest absolute Gasteiger partial charge is 0.398 e. The minimum absolute atomic E-state index is 0.00201. The highest BCUT2D eigenvalue weighted by Gasteiger charge is 2.21. The second-order valence-corrected chi connectivity index (χ2v) is 11.6. The van der Waals surface area contributed by atoms with E-state index in [2.05, 4.69) is 36.4 Å². The number of nitrogen functional groups attached to an aromatic ring is 1. The Bertz CT molecular complexity index is 1720. The quantitative estimate of drug-likeness (QED) is 0.279. The van der Waals surface area contributed by atoms with Crippen LogP contribution in [0.3, 0.4) is 0 Å². The molecule has 0 spiro atoms. The number of nitrogens with one attached hydrogen (secondary N) is 2. The number of hydrogen-bond donors (Lipinski definition) is 3. The topological polar surface area (TPSA) is 132 Å². The van der Waals surface area contributed by atoms with Crippen LogP contribution in [-0.2, 0) is 17.2 Å². The number of amides is 2. The minimum Gasteiger partial charge on any atom is -0.398 e. The molecule has 4 N–H and O–H groups in total. The molecular weight excluding hydrogens is 544 g/mol. The predicted octanol–water partition coefficient (Wildman–Crippen LogP) is 4.80. The van der Waals surface area contributed by atoms with E-state index in [0.29, 0.717) is 65.7 Å². The van der Waals surface area contributed by atoms with Crippen molar-refractivity contribution in [1.82, 2.24) is 14.5 Å². The highest BCUT2D eigenvalue weighted by atomic mass is 16.5. The molecule has 0 radical (unpaired) electrons. The summed E-state index contributed by atoms with van der Waals surface area (Å²) < 4.78 is 6.76. The van der Waals surface area contributed by atoms with Crippen LogP contribution in [0.4, 0.5) is 22.9 Å². The lowest BCUT2D eigenvalue weighted by Gasteiger charge is -2.27. The van der Waals surface area contributed by atoms with Crippen LogP contribution < -0.4 is 21.9 Å². The van der Waals surface area contributed by atoms with Gasteiger partial charge in [0.25, 0.3) is 17.4 Å². The van der Waals surface area contributed by atoms with Crippen molar-refractivity contribution >= 4 is 34.7 Å². The number of aryl methyl sites for hydroxylation is 1. The maximum atomic E-state index is 13.0. The molecule has 0 bridgehead atoms. The Balaban J connectivity index is 1.34. The van der Waals surface area contributed by atoms with E-state index in [1.165, 1.54) is 4.57 Å². The van der Waals surface area contributed by atoms with Gasteiger partial charge in [0, 0.05) is 54.5 Å². The highest BCUT2D eigenvalue weighted by Crippen LogP contribution is 2.26. The summed E-state index contributed by atoms with van der Waals surface area (Å²) in [5.74, 6) is -0.279. The third-order valence-corrected chi connectivity index (χ3v) is 7.34. The average molecular weight is 581 g/mol. The normalized spacial score (nSPS) is 13.4. The Kier molecular flexibility index (Phi) is 8.31. The first-order chi connectivity index (χ1) is 20.5. The fourth-order valence-electron chi connectivity index (χ4n) is 4.82. The lowest BCUT2D eigenvalue weighted by Crippen LogP contribution is -2.40. The van der Waals surface area contributed by atoms with Gasteiger partial charge in [-0.05, 0) is 53.4 Å². The molecule has 10 heteroatoms. The molecule has 10 nitrogen and oxygen atoms in total. The second-order valence-electron chi connectivity index (χ2n) is 11.6. The van der Waals surface area contributed by atoms with Gasteiger partial charge in [0.05, 0.1) is 24.5 Å². The fraction of sp³-hybridized carbons (Fsp3) is 0.273. The molecule has 4 aromatic rings. The molecule has 0 unspecified atom stereocenters. The van der Waals surface area contributed by atoms with E-state index in [4.69, 9.17) is 10.5 Å². The number of hydrogen-bond acceptors (Lipinski definition) is 7. The molecule has 3 aromatic carbocycles. The highest BCUT2D eigenvalue weighted by molar-refractivity contribution is 6.04. The van der Waals surface area contributed by atoms with Gasteiger partial charge in [-0.25, -0.2) is 4.98 Å². The van der Waals surface area contributed by atoms with Crippen molar-refractivity contribution in [1.29, 1.82) is 0 Å². The van der Waals surface area contributed by atoms with Crippen LogP contribution in [-0.4, -0.2) is 52.6 Å². The monoisotopic (exact) mass is 580 g/mol. The van der Waals surface area contributed by atoms with E-state index < -0.39 is 0 Å². The van der Waals surface area contributed by atoms with E-state index in [1.807, 2.05) is 42.5 Å². The van der Waals surface area contributed by atoms with Gasteiger partial charge in [-0.1, -0.05) is 45.0 Å². The number of aromatic nitrogens is 2. The minimum atomic E-state index is -0.334. The lowest BCUT2D eigenvalue weighted by atomic mass is 9.87. The first-order valence-corrected chi connectivity index (χ1v) is 14.1. The zero-order valence-electron chi connectivity index (χ0n) is 24.8. The third kappa shape index (κ3) is 6.76. The van der Waals surface area contributed by atoms with Crippen molar-refractivity contribution in [3.8, 4) is 11.3 Å². The van der Waals surface area contributed by atoms with E-state index in [9.17, 15) is 14.4 Å². The summed E-state index contributed by atoms with van der Waals surface area (Å²) in [5.41, 5.74) is 10.7. The van der Waals surface area contributed by atoms with E-state index in [0.717, 1.165) is 5.56 Å². The number of nitrogens with zero attached hydrogens (tertiary/aromatic N) is 3. The summed E-state index contributed by atoms with van der Waals surface area (Å²) in [6.45, 7) is 8.41. The van der Waals surface area contributed by atoms with Gasteiger partial charge in [-0.3, -0.25) is 14.4 Å². The Labute approximate surface area is 250 Å². The predicted molar refractivity (Wildman–Crippen MR) is 169 cm³/mol. The molecule has 2 heterocycles. The first-order valence-electron chi connectivity index (χ1n) is 14.1. The Morgan fingerprint density at radius 2 is 1.67 bits per heavy atom. The van der Waals surface area contributed by atoms with Crippen molar-refractivity contribution in [2.24, 2.45) is 7.05 Å². The van der Waals surface area contributed by atoms with Gasteiger partial charge in [0.15, 0.2) is 5.82 Å². The van der Waals surface area contributed by atoms with Crippen LogP contribution in [0.2, 0.25) is 0 Å². The molecule has 0 atom stereocenters. The molecule has 1 fully saturated rings. The van der Waals surface area contributed by atoms with Gasteiger partial charge in [0.1, 0.15) is 0 Å². The number of nitrogens with two attached hydrogens (primary N) is 1. The first kappa shape index (κ1) is 29.5. The standard InChI is InChI=1S/C33H36N6O4/c1-33(2,3)23-10-8-21(9-11-23)30(40)36-24-7-5-6-22(18-24)28-20-38(4)32(42)29(37-28)35-25-12-13-26(27(34)19-25)31(41)39-14-16-43-17-15-39/h5-13,18-20H,14-17,34H2,1-4H3,(H,35,37)(H,36,40). The van der Waals surface area contributed by atoms with Crippen LogP contribution >= 0.6 is 0 Å². The number of carbonyl (C=O) groups excluding carboxylic acids is 2. The van der Waals surface area contributed by atoms with Gasteiger partial charge in [-0.2, -0.15) is 0 Å². The number of benzene rings is 3. The molecule has 5 rings (SSSR count). The molecule has 43 heavy (non-hydrogen) atoms. The fourth-order valence-corrected chi connectivity index (χ4v) is 4.82. The number of morpholine rings is 1. The van der Waals surface area contributed by atoms with Crippen LogP contribution in [0.1, 0.15) is 47.1 Å². The van der Waals surface area contributed by atoms with E-state index in [1.54, 1.807) is 42.4 Å². The van der Waals surface area contributed by atoms with E-state index in [-0.39, 0.29) is 28.6 Å². The Morgan fingerprint density at radius 3 is 2.35 bits per heavy atom. The number of carbonyl (C=O) groups is 2. The molecule has 222 valence electrons. The Morgan fingerprint density at radius 1 is 0.953 bits per heavy atom. The van der Waals surface area contributed by atoms with Crippen LogP contribution in [0, 0.1) is 0 Å². The molecule has 0 aliphatic carbocycles. The maximum Gasteiger partial charge on any atom is 0.293 e. The molecule has 2 amide bonds. The van der Waals surface area contributed by atoms with Gasteiger partial charge in [-0.15, -0.1) is 0 Å². The van der Waals surface area contributed by atoms with Crippen molar-refractivity contribution in [3.63, 3.8) is 0 Å². The smallest absolute Gasteiger partial charge is 0.293 e. The number of ether oxygens (including phenoxy) is 1. The van der Waals surface area contributed by atoms with Crippen molar-refractivity contribution in [2.45, 2.75) is 26.2 Å². The maximum absolute atomic E-state index is 13.0. The zero-order chi connectivity index (χ0) is 30.7. The molecule has 1 aromatic heterocycles. The zero-order valence-corrected chi connectivity index (χ0v) is 24.8. The second kappa shape index (κ2) is 12.1. The number of rotatable bonds is 6. The lowest BCUT2D eigenvalue weighted by molar-refractivity contribution is 0.0303. The number of anilines is 4. The Hall–Kier alpha value is -4.96. The summed E-state index contributed by atoms with van der Waals surface area (Å²) in [4.78, 5) is 45.1. The van der Waals surface area contributed by atoms with Gasteiger partial charge in [0.2, 0.25) is 0 Å². The molecule has 0 saturated carbocycles. The summed E-state index contributed by atoms with van der Waals surface area (Å²) >= 11 is 0. The molecular formula is C33H36N6O4. The van der Waals surface area contributed by atoms with Crippen molar-refractivity contribution < 1.29 is 14.3 Å². The summed E-state index contributed by atoms with van der Waals surface area (Å²) in [6.07, 6.45) is 1.64.